The third kappa shape index (κ3) is 3.42. The van der Waals surface area contributed by atoms with Gasteiger partial charge in [-0.25, -0.2) is 10.5 Å². The van der Waals surface area contributed by atoms with Gasteiger partial charge >= 0.3 is 0 Å². The van der Waals surface area contributed by atoms with Crippen LogP contribution in [0.25, 0.3) is 0 Å². The van der Waals surface area contributed by atoms with Crippen LogP contribution in [-0.2, 0) is 16.4 Å². The van der Waals surface area contributed by atoms with Crippen molar-refractivity contribution in [2.24, 2.45) is 11.0 Å². The van der Waals surface area contributed by atoms with Gasteiger partial charge in [0, 0.05) is 11.6 Å². The van der Waals surface area contributed by atoms with Crippen molar-refractivity contribution in [2.75, 3.05) is 0 Å². The van der Waals surface area contributed by atoms with Crippen molar-refractivity contribution >= 4 is 29.1 Å². The van der Waals surface area contributed by atoms with Gasteiger partial charge in [0.1, 0.15) is 0 Å². The van der Waals surface area contributed by atoms with Crippen LogP contribution in [0.2, 0.25) is 0 Å². The van der Waals surface area contributed by atoms with Gasteiger partial charge in [-0.15, -0.1) is 0 Å². The zero-order valence-electron chi connectivity index (χ0n) is 3.27. The summed E-state index contributed by atoms with van der Waals surface area (Å²) in [6.07, 6.45) is 0. The lowest BCUT2D eigenvalue weighted by Crippen LogP contribution is -1.94. The Morgan fingerprint density at radius 1 is 1.86 bits per heavy atom. The lowest BCUT2D eigenvalue weighted by Gasteiger charge is -2.03. The number of nitrogens with two attached hydrogens (primary N) is 2. The molecule has 4 nitrogen and oxygen atoms in total. The zero-order chi connectivity index (χ0) is 5.91. The van der Waals surface area contributed by atoms with E-state index in [2.05, 4.69) is 22.3 Å². The molecule has 1 atom stereocenters. The molecule has 0 fully saturated rings. The second-order valence-corrected chi connectivity index (χ2v) is 6.33. The first-order valence-electron chi connectivity index (χ1n) is 1.22. The average Bonchev–Trinajstić information content (AvgIpc) is 1.68. The summed E-state index contributed by atoms with van der Waals surface area (Å²) in [6.45, 7) is 0. The first kappa shape index (κ1) is 7.84. The van der Waals surface area contributed by atoms with Crippen molar-refractivity contribution in [1.29, 1.82) is 0 Å². The molecule has 0 saturated carbocycles. The molecule has 0 heterocycles. The minimum absolute atomic E-state index is 0.561. The average molecular weight is 160 g/mol. The first-order valence-corrected chi connectivity index (χ1v) is 5.38. The van der Waals surface area contributed by atoms with Crippen molar-refractivity contribution in [3.63, 3.8) is 0 Å². The molecule has 0 bridgehead atoms. The van der Waals surface area contributed by atoms with Crippen molar-refractivity contribution < 1.29 is 9.52 Å². The van der Waals surface area contributed by atoms with Gasteiger partial charge in [0.25, 0.3) is 5.69 Å². The van der Waals surface area contributed by atoms with Crippen LogP contribution in [0.15, 0.2) is 0 Å². The molecule has 7 heteroatoms. The quantitative estimate of drug-likeness (QED) is 0.292. The number of hydrogen-bond acceptors (Lipinski definition) is 5. The van der Waals surface area contributed by atoms with Crippen molar-refractivity contribution in [2.45, 2.75) is 0 Å². The van der Waals surface area contributed by atoms with E-state index in [4.69, 9.17) is 10.0 Å². The third-order valence-corrected chi connectivity index (χ3v) is 2.89. The summed E-state index contributed by atoms with van der Waals surface area (Å²) in [5.41, 5.74) is -2.85. The van der Waals surface area contributed by atoms with Crippen LogP contribution in [0.3, 0.4) is 0 Å². The molecule has 7 heavy (non-hydrogen) atoms. The second-order valence-electron chi connectivity index (χ2n) is 0.679. The van der Waals surface area contributed by atoms with Crippen LogP contribution in [-0.4, -0.2) is 4.89 Å². The van der Waals surface area contributed by atoms with Gasteiger partial charge in [-0.1, -0.05) is 0 Å². The summed E-state index contributed by atoms with van der Waals surface area (Å²) in [6, 6.07) is 0. The van der Waals surface area contributed by atoms with Crippen LogP contribution >= 0.6 is 17.3 Å². The van der Waals surface area contributed by atoms with Gasteiger partial charge in [-0.05, 0) is 11.8 Å². The maximum atomic E-state index is 8.55. The van der Waals surface area contributed by atoms with Crippen LogP contribution in [0.5, 0.6) is 0 Å². The van der Waals surface area contributed by atoms with Gasteiger partial charge in [0.05, 0.1) is 0 Å². The monoisotopic (exact) mass is 160 g/mol. The summed E-state index contributed by atoms with van der Waals surface area (Å²) in [4.78, 5) is 8.55. The highest BCUT2D eigenvalue weighted by Gasteiger charge is 2.08. The molecule has 5 N–H and O–H groups in total. The van der Waals surface area contributed by atoms with Crippen LogP contribution in [0.4, 0.5) is 0 Å². The highest BCUT2D eigenvalue weighted by atomic mass is 32.9. The molecule has 0 aromatic rings. The fourth-order valence-electron chi connectivity index (χ4n) is 0.0248. The lowest BCUT2D eigenvalue weighted by molar-refractivity contribution is 0.335. The molecule has 0 aliphatic heterocycles. The highest BCUT2D eigenvalue weighted by molar-refractivity contribution is 8.66. The molecule has 0 aliphatic rings. The molecule has 0 spiro atoms. The summed E-state index contributed by atoms with van der Waals surface area (Å²) < 4.78 is 3.91. The van der Waals surface area contributed by atoms with E-state index in [0.29, 0.717) is 11.6 Å². The van der Waals surface area contributed by atoms with Gasteiger partial charge in [0.2, 0.25) is 0 Å². The summed E-state index contributed by atoms with van der Waals surface area (Å²) in [5, 5.41) is 4.82. The Bertz CT molecular complexity index is 85.7. The molecule has 44 valence electrons. The normalized spacial score (nSPS) is 18.7. The Kier molecular flexibility index (Phi) is 3.34. The standard InChI is InChI=1S/H5N2O2PS2/c1-4-5(3,6)7-2/h1-2H2,(H,3,6). The van der Waals surface area contributed by atoms with E-state index < -0.39 is 5.69 Å². The first-order chi connectivity index (χ1) is 3.12. The lowest BCUT2D eigenvalue weighted by atomic mass is 13.6. The Labute approximate surface area is 50.2 Å². The highest BCUT2D eigenvalue weighted by Crippen LogP contribution is 2.50. The summed E-state index contributed by atoms with van der Waals surface area (Å²) in [5.74, 6) is 4.51. The van der Waals surface area contributed by atoms with Gasteiger partial charge in [0.15, 0.2) is 0 Å². The van der Waals surface area contributed by atoms with E-state index in [1.165, 1.54) is 0 Å². The Hall–Kier alpha value is 0.840. The Morgan fingerprint density at radius 3 is 2.29 bits per heavy atom. The molecule has 0 aromatic heterocycles. The molecule has 0 saturated heterocycles. The van der Waals surface area contributed by atoms with E-state index in [1.54, 1.807) is 0 Å². The predicted molar refractivity (Wildman–Crippen MR) is 33.6 cm³/mol. The fourth-order valence-corrected chi connectivity index (χ4v) is 0.224. The van der Waals surface area contributed by atoms with E-state index in [9.17, 15) is 0 Å². The maximum absolute atomic E-state index is 8.55. The van der Waals surface area contributed by atoms with Crippen molar-refractivity contribution in [3.8, 4) is 0 Å². The predicted octanol–water partition coefficient (Wildman–Crippen LogP) is -0.300. The minimum Gasteiger partial charge on any atom is -0.336 e. The zero-order valence-corrected chi connectivity index (χ0v) is 5.80. The van der Waals surface area contributed by atoms with E-state index >= 15 is 0 Å². The number of hydrogen-bond donors (Lipinski definition) is 3. The largest absolute Gasteiger partial charge is 0.336 e. The molecular formula is H5N2O2PS2. The van der Waals surface area contributed by atoms with E-state index in [0.717, 1.165) is 0 Å². The molecular weight excluding hydrogens is 155 g/mol. The molecule has 0 rings (SSSR count). The fraction of sp³-hybridized carbons (Fsp3) is 0. The third-order valence-electron chi connectivity index (χ3n) is 0.266. The van der Waals surface area contributed by atoms with Crippen molar-refractivity contribution in [3.05, 3.63) is 0 Å². The molecule has 1 unspecified atom stereocenters. The Balaban J connectivity index is 3.61. The second kappa shape index (κ2) is 2.99. The van der Waals surface area contributed by atoms with Crippen LogP contribution in [0, 0.1) is 0 Å². The SMILES string of the molecule is NOP(O)(=S)SN. The van der Waals surface area contributed by atoms with E-state index in [-0.39, 0.29) is 0 Å². The topological polar surface area (TPSA) is 81.5 Å². The molecule has 0 radical (unpaired) electrons. The number of rotatable bonds is 2. The summed E-state index contributed by atoms with van der Waals surface area (Å²) >= 11 is 4.86. The molecule has 0 amide bonds. The Morgan fingerprint density at radius 2 is 2.29 bits per heavy atom. The van der Waals surface area contributed by atoms with E-state index in [1.807, 2.05) is 0 Å². The molecule has 0 aromatic carbocycles. The maximum Gasteiger partial charge on any atom is 0.275 e. The smallest absolute Gasteiger partial charge is 0.275 e. The van der Waals surface area contributed by atoms with Gasteiger partial charge in [-0.2, -0.15) is 0 Å². The minimum atomic E-state index is -2.85. The summed E-state index contributed by atoms with van der Waals surface area (Å²) in [7, 11) is 0. The van der Waals surface area contributed by atoms with Gasteiger partial charge < -0.3 is 4.89 Å². The van der Waals surface area contributed by atoms with Crippen LogP contribution < -0.4 is 11.0 Å². The van der Waals surface area contributed by atoms with Crippen LogP contribution in [0.1, 0.15) is 0 Å². The molecule has 0 aliphatic carbocycles. The van der Waals surface area contributed by atoms with Crippen molar-refractivity contribution in [1.82, 2.24) is 0 Å². The van der Waals surface area contributed by atoms with Gasteiger partial charge in [-0.3, -0.25) is 5.14 Å².